The van der Waals surface area contributed by atoms with Gasteiger partial charge in [0.25, 0.3) is 0 Å². The average Bonchev–Trinajstić information content (AvgIpc) is 3.14. The van der Waals surface area contributed by atoms with Gasteiger partial charge >= 0.3 is 6.09 Å². The van der Waals surface area contributed by atoms with Gasteiger partial charge in [0, 0.05) is 23.0 Å². The Labute approximate surface area is 136 Å². The largest absolute Gasteiger partial charge is 0.444 e. The Morgan fingerprint density at radius 1 is 1.27 bits per heavy atom. The summed E-state index contributed by atoms with van der Waals surface area (Å²) < 4.78 is 5.30. The van der Waals surface area contributed by atoms with Gasteiger partial charge in [0.05, 0.1) is 0 Å². The van der Waals surface area contributed by atoms with Crippen molar-refractivity contribution in [2.75, 3.05) is 5.75 Å². The van der Waals surface area contributed by atoms with Crippen LogP contribution in [0.2, 0.25) is 0 Å². The average molecular weight is 320 g/mol. The highest BCUT2D eigenvalue weighted by Crippen LogP contribution is 2.37. The van der Waals surface area contributed by atoms with Gasteiger partial charge in [0.2, 0.25) is 0 Å². The van der Waals surface area contributed by atoms with E-state index >= 15 is 0 Å². The summed E-state index contributed by atoms with van der Waals surface area (Å²) >= 11 is 1.93. The topological polar surface area (TPSA) is 50.4 Å². The van der Waals surface area contributed by atoms with Crippen molar-refractivity contribution < 1.29 is 9.53 Å². The van der Waals surface area contributed by atoms with Crippen LogP contribution in [0.3, 0.4) is 0 Å². The molecule has 2 aliphatic rings. The quantitative estimate of drug-likeness (QED) is 0.895. The summed E-state index contributed by atoms with van der Waals surface area (Å²) in [6, 6.07) is 9.54. The molecule has 3 atom stereocenters. The lowest BCUT2D eigenvalue weighted by atomic mass is 10.0. The molecule has 1 amide bonds. The summed E-state index contributed by atoms with van der Waals surface area (Å²) in [7, 11) is 0. The maximum Gasteiger partial charge on any atom is 0.407 e. The molecule has 120 valence electrons. The second-order valence-electron chi connectivity index (χ2n) is 6.99. The Kier molecular flexibility index (Phi) is 4.37. The summed E-state index contributed by atoms with van der Waals surface area (Å²) in [6.07, 6.45) is 1.80. The fourth-order valence-corrected chi connectivity index (χ4v) is 3.90. The first-order chi connectivity index (χ1) is 10.4. The molecule has 3 unspecified atom stereocenters. The van der Waals surface area contributed by atoms with Gasteiger partial charge in [-0.25, -0.2) is 4.79 Å². The number of carbonyl (C=O) groups is 1. The van der Waals surface area contributed by atoms with Crippen LogP contribution in [-0.2, 0) is 4.74 Å². The van der Waals surface area contributed by atoms with E-state index in [1.165, 1.54) is 10.5 Å². The van der Waals surface area contributed by atoms with Crippen molar-refractivity contribution in [1.29, 1.82) is 0 Å². The Bertz CT molecular complexity index is 556. The molecular formula is C17H24N2O2S. The van der Waals surface area contributed by atoms with Crippen LogP contribution in [0.1, 0.15) is 45.2 Å². The van der Waals surface area contributed by atoms with Crippen LogP contribution in [0.25, 0.3) is 0 Å². The minimum Gasteiger partial charge on any atom is -0.444 e. The molecule has 4 nitrogen and oxygen atoms in total. The number of hydrogen-bond acceptors (Lipinski definition) is 4. The molecule has 0 spiro atoms. The van der Waals surface area contributed by atoms with E-state index in [2.05, 4.69) is 34.9 Å². The van der Waals surface area contributed by atoms with Gasteiger partial charge in [0.15, 0.2) is 0 Å². The molecule has 0 saturated heterocycles. The molecule has 1 aliphatic carbocycles. The Morgan fingerprint density at radius 2 is 2.05 bits per heavy atom. The highest BCUT2D eigenvalue weighted by atomic mass is 32.2. The standard InChI is InChI=1S/C17H24N2O2S/c1-17(2,3)21-16(20)19-14-10-13(14)18-12-8-9-22-15-7-5-4-6-11(12)15/h4-7,12-14,18H,8-10H2,1-3H3,(H,19,20). The first kappa shape index (κ1) is 15.7. The van der Waals surface area contributed by atoms with Gasteiger partial charge in [-0.15, -0.1) is 11.8 Å². The minimum atomic E-state index is -0.443. The van der Waals surface area contributed by atoms with Gasteiger partial charge in [-0.2, -0.15) is 0 Å². The zero-order valence-electron chi connectivity index (χ0n) is 13.4. The van der Waals surface area contributed by atoms with Crippen molar-refractivity contribution in [3.63, 3.8) is 0 Å². The third-order valence-corrected chi connectivity index (χ3v) is 4.99. The molecule has 5 heteroatoms. The van der Waals surface area contributed by atoms with E-state index in [0.29, 0.717) is 12.1 Å². The maximum atomic E-state index is 11.8. The van der Waals surface area contributed by atoms with E-state index in [1.807, 2.05) is 32.5 Å². The van der Waals surface area contributed by atoms with Crippen LogP contribution >= 0.6 is 11.8 Å². The highest BCUT2D eigenvalue weighted by molar-refractivity contribution is 7.99. The zero-order chi connectivity index (χ0) is 15.7. The van der Waals surface area contributed by atoms with E-state index in [-0.39, 0.29) is 12.1 Å². The normalized spacial score (nSPS) is 27.0. The van der Waals surface area contributed by atoms with Crippen molar-refractivity contribution in [2.24, 2.45) is 0 Å². The number of fused-ring (bicyclic) bond motifs is 1. The third kappa shape index (κ3) is 3.96. The van der Waals surface area contributed by atoms with E-state index in [9.17, 15) is 4.79 Å². The number of benzene rings is 1. The molecule has 2 N–H and O–H groups in total. The second kappa shape index (κ2) is 6.13. The number of carbonyl (C=O) groups excluding carboxylic acids is 1. The molecule has 22 heavy (non-hydrogen) atoms. The van der Waals surface area contributed by atoms with Gasteiger partial charge in [-0.3, -0.25) is 0 Å². The van der Waals surface area contributed by atoms with Crippen molar-refractivity contribution in [3.05, 3.63) is 29.8 Å². The lowest BCUT2D eigenvalue weighted by Crippen LogP contribution is -2.37. The van der Waals surface area contributed by atoms with Crippen molar-refractivity contribution in [2.45, 2.75) is 62.2 Å². The van der Waals surface area contributed by atoms with Gasteiger partial charge in [-0.05, 0) is 51.0 Å². The third-order valence-electron chi connectivity index (χ3n) is 3.87. The molecule has 1 fully saturated rings. The van der Waals surface area contributed by atoms with Crippen molar-refractivity contribution in [3.8, 4) is 0 Å². The molecule has 1 heterocycles. The summed E-state index contributed by atoms with van der Waals surface area (Å²) in [5, 5.41) is 6.63. The number of hydrogen-bond donors (Lipinski definition) is 2. The monoisotopic (exact) mass is 320 g/mol. The molecule has 0 bridgehead atoms. The van der Waals surface area contributed by atoms with E-state index < -0.39 is 5.60 Å². The predicted octanol–water partition coefficient (Wildman–Crippen LogP) is 3.48. The lowest BCUT2D eigenvalue weighted by molar-refractivity contribution is 0.0522. The SMILES string of the molecule is CC(C)(C)OC(=O)NC1CC1NC1CCSc2ccccc21. The molecule has 0 aromatic heterocycles. The minimum absolute atomic E-state index is 0.191. The van der Waals surface area contributed by atoms with Crippen molar-refractivity contribution >= 4 is 17.9 Å². The van der Waals surface area contributed by atoms with Crippen LogP contribution < -0.4 is 10.6 Å². The van der Waals surface area contributed by atoms with Crippen molar-refractivity contribution in [1.82, 2.24) is 10.6 Å². The molecule has 1 aromatic carbocycles. The van der Waals surface area contributed by atoms with Gasteiger partial charge < -0.3 is 15.4 Å². The maximum absolute atomic E-state index is 11.8. The van der Waals surface area contributed by atoms with Gasteiger partial charge in [-0.1, -0.05) is 18.2 Å². The van der Waals surface area contributed by atoms with Crippen LogP contribution in [0, 0.1) is 0 Å². The van der Waals surface area contributed by atoms with E-state index in [1.54, 1.807) is 0 Å². The number of nitrogens with one attached hydrogen (secondary N) is 2. The number of alkyl carbamates (subject to hydrolysis) is 1. The molecule has 1 aromatic rings. The number of amides is 1. The van der Waals surface area contributed by atoms with E-state index in [4.69, 9.17) is 4.74 Å². The summed E-state index contributed by atoms with van der Waals surface area (Å²) in [6.45, 7) is 5.64. The van der Waals surface area contributed by atoms with Crippen LogP contribution in [0.15, 0.2) is 29.2 Å². The summed E-state index contributed by atoms with van der Waals surface area (Å²) in [4.78, 5) is 13.2. The molecule has 1 saturated carbocycles. The van der Waals surface area contributed by atoms with Crippen LogP contribution in [-0.4, -0.2) is 29.5 Å². The smallest absolute Gasteiger partial charge is 0.407 e. The predicted molar refractivity (Wildman–Crippen MR) is 89.2 cm³/mol. The second-order valence-corrected chi connectivity index (χ2v) is 8.13. The first-order valence-electron chi connectivity index (χ1n) is 7.90. The van der Waals surface area contributed by atoms with Crippen LogP contribution in [0.4, 0.5) is 4.79 Å². The summed E-state index contributed by atoms with van der Waals surface area (Å²) in [5.41, 5.74) is 0.947. The molecule has 0 radical (unpaired) electrons. The first-order valence-corrected chi connectivity index (χ1v) is 8.88. The molecular weight excluding hydrogens is 296 g/mol. The Balaban J connectivity index is 1.51. The summed E-state index contributed by atoms with van der Waals surface area (Å²) in [5.74, 6) is 1.14. The van der Waals surface area contributed by atoms with Crippen LogP contribution in [0.5, 0.6) is 0 Å². The van der Waals surface area contributed by atoms with E-state index in [0.717, 1.165) is 18.6 Å². The Hall–Kier alpha value is -1.20. The molecule has 1 aliphatic heterocycles. The Morgan fingerprint density at radius 3 is 2.82 bits per heavy atom. The van der Waals surface area contributed by atoms with Gasteiger partial charge in [0.1, 0.15) is 5.60 Å². The molecule has 3 rings (SSSR count). The zero-order valence-corrected chi connectivity index (χ0v) is 14.2. The number of rotatable bonds is 3. The lowest BCUT2D eigenvalue weighted by Gasteiger charge is -2.26. The number of ether oxygens (including phenoxy) is 1. The number of thioether (sulfide) groups is 1. The highest BCUT2D eigenvalue weighted by Gasteiger charge is 2.41. The fraction of sp³-hybridized carbons (Fsp3) is 0.588. The fourth-order valence-electron chi connectivity index (χ4n) is 2.77.